The van der Waals surface area contributed by atoms with Crippen molar-refractivity contribution in [2.24, 2.45) is 0 Å². The van der Waals surface area contributed by atoms with Gasteiger partial charge >= 0.3 is 0 Å². The van der Waals surface area contributed by atoms with Crippen LogP contribution >= 0.6 is 0 Å². The van der Waals surface area contributed by atoms with Crippen molar-refractivity contribution in [1.82, 2.24) is 25.5 Å². The van der Waals surface area contributed by atoms with Crippen LogP contribution in [0.3, 0.4) is 0 Å². The summed E-state index contributed by atoms with van der Waals surface area (Å²) in [6.45, 7) is 5.27. The standard InChI is InChI=1S/C22H25N5/c1-26-10-12-27(13-11-26)23-15-16-6-8-17(9-7-16)21-20-14-18-4-2-3-5-19(18)22(20)25-24-21/h2-9,23H,10-15H2,1H3,(H,24,25). The van der Waals surface area contributed by atoms with Gasteiger partial charge in [0.05, 0.1) is 11.4 Å². The molecule has 5 heteroatoms. The van der Waals surface area contributed by atoms with E-state index in [1.807, 2.05) is 0 Å². The minimum Gasteiger partial charge on any atom is -0.304 e. The number of hydrogen-bond acceptors (Lipinski definition) is 4. The molecule has 1 fully saturated rings. The Morgan fingerprint density at radius 3 is 2.59 bits per heavy atom. The van der Waals surface area contributed by atoms with Crippen LogP contribution in [0.25, 0.3) is 22.5 Å². The fourth-order valence-electron chi connectivity index (χ4n) is 4.06. The van der Waals surface area contributed by atoms with Gasteiger partial charge in [0.15, 0.2) is 0 Å². The summed E-state index contributed by atoms with van der Waals surface area (Å²) in [6, 6.07) is 17.4. The Labute approximate surface area is 160 Å². The fourth-order valence-corrected chi connectivity index (χ4v) is 4.06. The first-order valence-electron chi connectivity index (χ1n) is 9.70. The quantitative estimate of drug-likeness (QED) is 0.588. The van der Waals surface area contributed by atoms with Crippen LogP contribution in [0.5, 0.6) is 0 Å². The highest BCUT2D eigenvalue weighted by Crippen LogP contribution is 2.39. The Hall–Kier alpha value is -2.47. The molecule has 0 amide bonds. The maximum Gasteiger partial charge on any atom is 0.0962 e. The minimum absolute atomic E-state index is 0.869. The summed E-state index contributed by atoms with van der Waals surface area (Å²) in [7, 11) is 2.18. The van der Waals surface area contributed by atoms with Crippen molar-refractivity contribution in [2.45, 2.75) is 13.0 Å². The van der Waals surface area contributed by atoms with E-state index in [0.717, 1.165) is 44.8 Å². The van der Waals surface area contributed by atoms with E-state index in [9.17, 15) is 0 Å². The first-order valence-corrected chi connectivity index (χ1v) is 9.70. The summed E-state index contributed by atoms with van der Waals surface area (Å²) in [5, 5.41) is 10.2. The van der Waals surface area contributed by atoms with E-state index in [1.54, 1.807) is 0 Å². The number of H-pyrrole nitrogens is 1. The molecule has 2 N–H and O–H groups in total. The minimum atomic E-state index is 0.869. The summed E-state index contributed by atoms with van der Waals surface area (Å²) in [5.41, 5.74) is 12.3. The first kappa shape index (κ1) is 16.7. The second kappa shape index (κ2) is 6.93. The van der Waals surface area contributed by atoms with Gasteiger partial charge in [0.2, 0.25) is 0 Å². The molecule has 0 atom stereocenters. The molecule has 0 spiro atoms. The molecule has 2 aromatic carbocycles. The smallest absolute Gasteiger partial charge is 0.0962 e. The number of aromatic nitrogens is 2. The van der Waals surface area contributed by atoms with E-state index in [0.29, 0.717) is 0 Å². The Bertz CT molecular complexity index is 936. The number of piperazine rings is 1. The molecule has 27 heavy (non-hydrogen) atoms. The van der Waals surface area contributed by atoms with Crippen LogP contribution in [0.4, 0.5) is 0 Å². The molecule has 1 aliphatic heterocycles. The van der Waals surface area contributed by atoms with Crippen molar-refractivity contribution < 1.29 is 0 Å². The summed E-state index contributed by atoms with van der Waals surface area (Å²) < 4.78 is 0. The third-order valence-electron chi connectivity index (χ3n) is 5.76. The molecule has 2 heterocycles. The summed E-state index contributed by atoms with van der Waals surface area (Å²) in [5.74, 6) is 0. The van der Waals surface area contributed by atoms with E-state index in [4.69, 9.17) is 0 Å². The Balaban J connectivity index is 1.28. The monoisotopic (exact) mass is 359 g/mol. The molecule has 5 rings (SSSR count). The number of aromatic amines is 1. The lowest BCUT2D eigenvalue weighted by atomic mass is 10.0. The molecule has 3 aromatic rings. The van der Waals surface area contributed by atoms with Gasteiger partial charge < -0.3 is 4.90 Å². The van der Waals surface area contributed by atoms with Crippen molar-refractivity contribution in [3.63, 3.8) is 0 Å². The number of hydrogen-bond donors (Lipinski definition) is 2. The summed E-state index contributed by atoms with van der Waals surface area (Å²) in [6.07, 6.45) is 0.962. The maximum absolute atomic E-state index is 4.61. The van der Waals surface area contributed by atoms with Crippen molar-refractivity contribution in [1.29, 1.82) is 0 Å². The number of nitrogens with one attached hydrogen (secondary N) is 2. The lowest BCUT2D eigenvalue weighted by molar-refractivity contribution is 0.102. The number of hydrazine groups is 1. The van der Waals surface area contributed by atoms with Gasteiger partial charge in [-0.3, -0.25) is 10.5 Å². The zero-order valence-corrected chi connectivity index (χ0v) is 15.7. The van der Waals surface area contributed by atoms with E-state index in [-0.39, 0.29) is 0 Å². The lowest BCUT2D eigenvalue weighted by Gasteiger charge is -2.32. The lowest BCUT2D eigenvalue weighted by Crippen LogP contribution is -2.50. The fraction of sp³-hybridized carbons (Fsp3) is 0.318. The highest BCUT2D eigenvalue weighted by molar-refractivity contribution is 5.80. The van der Waals surface area contributed by atoms with E-state index in [1.165, 1.54) is 33.5 Å². The number of benzene rings is 2. The van der Waals surface area contributed by atoms with E-state index < -0.39 is 0 Å². The van der Waals surface area contributed by atoms with Gasteiger partial charge in [-0.2, -0.15) is 5.10 Å². The van der Waals surface area contributed by atoms with Gasteiger partial charge in [0, 0.05) is 55.8 Å². The third kappa shape index (κ3) is 3.18. The zero-order chi connectivity index (χ0) is 18.2. The molecule has 5 nitrogen and oxygen atoms in total. The van der Waals surface area contributed by atoms with Gasteiger partial charge in [0.25, 0.3) is 0 Å². The van der Waals surface area contributed by atoms with Gasteiger partial charge in [-0.25, -0.2) is 5.01 Å². The molecule has 1 aliphatic carbocycles. The predicted molar refractivity (Wildman–Crippen MR) is 108 cm³/mol. The van der Waals surface area contributed by atoms with Crippen LogP contribution in [0.2, 0.25) is 0 Å². The SMILES string of the molecule is CN1CCN(NCc2ccc(-c3n[nH]c4c3Cc3ccccc3-4)cc2)CC1. The van der Waals surface area contributed by atoms with Crippen molar-refractivity contribution in [2.75, 3.05) is 33.2 Å². The van der Waals surface area contributed by atoms with Crippen LogP contribution in [0.15, 0.2) is 48.5 Å². The molecule has 138 valence electrons. The van der Waals surface area contributed by atoms with Crippen LogP contribution < -0.4 is 5.43 Å². The first-order chi connectivity index (χ1) is 13.3. The number of fused-ring (bicyclic) bond motifs is 3. The molecule has 0 saturated carbocycles. The normalized spacial score (nSPS) is 17.1. The van der Waals surface area contributed by atoms with E-state index in [2.05, 4.69) is 81.1 Å². The topological polar surface area (TPSA) is 47.2 Å². The van der Waals surface area contributed by atoms with Gasteiger partial charge in [-0.15, -0.1) is 0 Å². The van der Waals surface area contributed by atoms with Gasteiger partial charge in [-0.05, 0) is 18.2 Å². The second-order valence-electron chi connectivity index (χ2n) is 7.58. The predicted octanol–water partition coefficient (Wildman–Crippen LogP) is 2.90. The van der Waals surface area contributed by atoms with Gasteiger partial charge in [0.1, 0.15) is 0 Å². The highest BCUT2D eigenvalue weighted by Gasteiger charge is 2.24. The molecular formula is C22H25N5. The molecule has 0 unspecified atom stereocenters. The van der Waals surface area contributed by atoms with Crippen molar-refractivity contribution >= 4 is 0 Å². The largest absolute Gasteiger partial charge is 0.304 e. The van der Waals surface area contributed by atoms with Crippen LogP contribution in [0, 0.1) is 0 Å². The van der Waals surface area contributed by atoms with Crippen molar-refractivity contribution in [3.8, 4) is 22.5 Å². The van der Waals surface area contributed by atoms with Crippen LogP contribution in [0.1, 0.15) is 16.7 Å². The highest BCUT2D eigenvalue weighted by atomic mass is 15.5. The van der Waals surface area contributed by atoms with E-state index >= 15 is 0 Å². The third-order valence-corrected chi connectivity index (χ3v) is 5.76. The van der Waals surface area contributed by atoms with Crippen LogP contribution in [-0.2, 0) is 13.0 Å². The van der Waals surface area contributed by atoms with Crippen LogP contribution in [-0.4, -0.2) is 53.3 Å². The molecule has 1 saturated heterocycles. The summed E-state index contributed by atoms with van der Waals surface area (Å²) >= 11 is 0. The number of nitrogens with zero attached hydrogens (tertiary/aromatic N) is 3. The maximum atomic E-state index is 4.61. The van der Waals surface area contributed by atoms with Crippen molar-refractivity contribution in [3.05, 3.63) is 65.2 Å². The average Bonchev–Trinajstić information content (AvgIpc) is 3.27. The molecular weight excluding hydrogens is 334 g/mol. The number of rotatable bonds is 4. The Morgan fingerprint density at radius 1 is 1.00 bits per heavy atom. The average molecular weight is 359 g/mol. The molecule has 1 aromatic heterocycles. The molecule has 0 bridgehead atoms. The molecule has 0 radical (unpaired) electrons. The summed E-state index contributed by atoms with van der Waals surface area (Å²) in [4.78, 5) is 2.37. The Morgan fingerprint density at radius 2 is 1.78 bits per heavy atom. The van der Waals surface area contributed by atoms with Gasteiger partial charge in [-0.1, -0.05) is 48.5 Å². The number of likely N-dealkylation sites (N-methyl/N-ethyl adjacent to an activating group) is 1. The molecule has 2 aliphatic rings. The zero-order valence-electron chi connectivity index (χ0n) is 15.7. The second-order valence-corrected chi connectivity index (χ2v) is 7.58. The Kier molecular flexibility index (Phi) is 4.28.